The van der Waals surface area contributed by atoms with Crippen LogP contribution in [0.15, 0.2) is 60.0 Å². The van der Waals surface area contributed by atoms with Gasteiger partial charge in [0.05, 0.1) is 10.9 Å². The van der Waals surface area contributed by atoms with Crippen LogP contribution in [0, 0.1) is 6.92 Å². The van der Waals surface area contributed by atoms with Crippen molar-refractivity contribution in [3.05, 3.63) is 66.2 Å². The van der Waals surface area contributed by atoms with Crippen LogP contribution in [0.2, 0.25) is 0 Å². The molecule has 1 aliphatic heterocycles. The molecule has 0 aromatic heterocycles. The topological polar surface area (TPSA) is 76.7 Å². The standard InChI is InChI=1S/C18H20N2O4S/c1-3-4-16(14-7-10-17-18(11-14)24-12-23-17)19-20-25(21,22)15-8-5-13(2)6-9-15/h3,5-11,16,19-20H,1,4,12H2,2H3/t16-/m0/s1. The van der Waals surface area contributed by atoms with Crippen LogP contribution in [-0.2, 0) is 10.0 Å². The van der Waals surface area contributed by atoms with E-state index in [0.29, 0.717) is 17.9 Å². The molecule has 6 nitrogen and oxygen atoms in total. The van der Waals surface area contributed by atoms with Crippen LogP contribution < -0.4 is 19.7 Å². The monoisotopic (exact) mass is 360 g/mol. The number of hydrogen-bond donors (Lipinski definition) is 2. The van der Waals surface area contributed by atoms with Gasteiger partial charge in [-0.15, -0.1) is 11.4 Å². The maximum Gasteiger partial charge on any atom is 0.253 e. The minimum absolute atomic E-state index is 0.193. The molecule has 0 radical (unpaired) electrons. The summed E-state index contributed by atoms with van der Waals surface area (Å²) in [5, 5.41) is 0. The fourth-order valence-corrected chi connectivity index (χ4v) is 3.41. The Morgan fingerprint density at radius 1 is 1.16 bits per heavy atom. The quantitative estimate of drug-likeness (QED) is 0.586. The van der Waals surface area contributed by atoms with Crippen LogP contribution in [-0.4, -0.2) is 15.2 Å². The molecule has 0 unspecified atom stereocenters. The van der Waals surface area contributed by atoms with E-state index < -0.39 is 10.0 Å². The Kier molecular flexibility index (Phi) is 5.08. The molecule has 0 aliphatic carbocycles. The molecule has 0 amide bonds. The first-order valence-electron chi connectivity index (χ1n) is 7.84. The van der Waals surface area contributed by atoms with Crippen LogP contribution in [0.4, 0.5) is 0 Å². The van der Waals surface area contributed by atoms with Crippen LogP contribution in [0.1, 0.15) is 23.6 Å². The molecule has 1 atom stereocenters. The van der Waals surface area contributed by atoms with Crippen molar-refractivity contribution >= 4 is 10.0 Å². The van der Waals surface area contributed by atoms with E-state index in [1.165, 1.54) is 0 Å². The van der Waals surface area contributed by atoms with Gasteiger partial charge in [-0.25, -0.2) is 13.8 Å². The summed E-state index contributed by atoms with van der Waals surface area (Å²) in [6.45, 7) is 5.84. The molecule has 0 spiro atoms. The average Bonchev–Trinajstić information content (AvgIpc) is 3.06. The van der Waals surface area contributed by atoms with Gasteiger partial charge in [0, 0.05) is 0 Å². The van der Waals surface area contributed by atoms with E-state index in [4.69, 9.17) is 9.47 Å². The maximum atomic E-state index is 12.4. The average molecular weight is 360 g/mol. The SMILES string of the molecule is C=CC[C@H](NNS(=O)(=O)c1ccc(C)cc1)c1ccc2c(c1)OCO2. The summed E-state index contributed by atoms with van der Waals surface area (Å²) in [4.78, 5) is 2.65. The number of nitrogens with one attached hydrogen (secondary N) is 2. The largest absolute Gasteiger partial charge is 0.454 e. The fourth-order valence-electron chi connectivity index (χ4n) is 2.50. The number of hydrazine groups is 1. The summed E-state index contributed by atoms with van der Waals surface area (Å²) in [6.07, 6.45) is 2.26. The minimum atomic E-state index is -3.66. The molecular weight excluding hydrogens is 340 g/mol. The van der Waals surface area contributed by atoms with E-state index in [-0.39, 0.29) is 17.7 Å². The van der Waals surface area contributed by atoms with E-state index in [9.17, 15) is 8.42 Å². The second-order valence-corrected chi connectivity index (χ2v) is 7.43. The Morgan fingerprint density at radius 2 is 1.88 bits per heavy atom. The summed E-state index contributed by atoms with van der Waals surface area (Å²) in [5.74, 6) is 1.33. The van der Waals surface area contributed by atoms with E-state index in [1.54, 1.807) is 30.3 Å². The Bertz CT molecular complexity index is 863. The van der Waals surface area contributed by atoms with Gasteiger partial charge >= 0.3 is 0 Å². The van der Waals surface area contributed by atoms with Crippen molar-refractivity contribution in [2.75, 3.05) is 6.79 Å². The zero-order valence-electron chi connectivity index (χ0n) is 13.9. The molecule has 0 bridgehead atoms. The second-order valence-electron chi connectivity index (χ2n) is 5.75. The zero-order chi connectivity index (χ0) is 17.9. The molecule has 0 saturated heterocycles. The van der Waals surface area contributed by atoms with E-state index >= 15 is 0 Å². The lowest BCUT2D eigenvalue weighted by Gasteiger charge is -2.19. The third-order valence-electron chi connectivity index (χ3n) is 3.90. The summed E-state index contributed by atoms with van der Waals surface area (Å²) >= 11 is 0. The number of benzene rings is 2. The lowest BCUT2D eigenvalue weighted by molar-refractivity contribution is 0.174. The first-order chi connectivity index (χ1) is 12.0. The highest BCUT2D eigenvalue weighted by molar-refractivity contribution is 7.89. The molecule has 25 heavy (non-hydrogen) atoms. The molecular formula is C18H20N2O4S. The van der Waals surface area contributed by atoms with Crippen LogP contribution >= 0.6 is 0 Å². The normalized spacial score (nSPS) is 14.3. The molecule has 2 N–H and O–H groups in total. The van der Waals surface area contributed by atoms with Crippen molar-refractivity contribution in [2.45, 2.75) is 24.3 Å². The highest BCUT2D eigenvalue weighted by Gasteiger charge is 2.20. The van der Waals surface area contributed by atoms with Gasteiger partial charge in [0.25, 0.3) is 10.0 Å². The fraction of sp³-hybridized carbons (Fsp3) is 0.222. The third-order valence-corrected chi connectivity index (χ3v) is 5.18. The van der Waals surface area contributed by atoms with Crippen molar-refractivity contribution < 1.29 is 17.9 Å². The van der Waals surface area contributed by atoms with Crippen LogP contribution in [0.25, 0.3) is 0 Å². The van der Waals surface area contributed by atoms with Crippen molar-refractivity contribution in [3.63, 3.8) is 0 Å². The lowest BCUT2D eigenvalue weighted by atomic mass is 10.0. The number of rotatable bonds is 7. The lowest BCUT2D eigenvalue weighted by Crippen LogP contribution is -2.39. The van der Waals surface area contributed by atoms with Crippen LogP contribution in [0.3, 0.4) is 0 Å². The van der Waals surface area contributed by atoms with Crippen molar-refractivity contribution in [3.8, 4) is 11.5 Å². The first-order valence-corrected chi connectivity index (χ1v) is 9.32. The van der Waals surface area contributed by atoms with Gasteiger partial charge in [-0.1, -0.05) is 29.8 Å². The maximum absolute atomic E-state index is 12.4. The molecule has 1 aliphatic rings. The van der Waals surface area contributed by atoms with Crippen LogP contribution in [0.5, 0.6) is 11.5 Å². The summed E-state index contributed by atoms with van der Waals surface area (Å²) in [7, 11) is -3.66. The predicted octanol–water partition coefficient (Wildman–Crippen LogP) is 2.82. The minimum Gasteiger partial charge on any atom is -0.454 e. The van der Waals surface area contributed by atoms with Crippen molar-refractivity contribution in [2.24, 2.45) is 0 Å². The first kappa shape index (κ1) is 17.5. The molecule has 2 aromatic carbocycles. The van der Waals surface area contributed by atoms with E-state index in [1.807, 2.05) is 25.1 Å². The molecule has 3 rings (SSSR count). The van der Waals surface area contributed by atoms with Crippen molar-refractivity contribution in [1.82, 2.24) is 10.3 Å². The Morgan fingerprint density at radius 3 is 2.60 bits per heavy atom. The smallest absolute Gasteiger partial charge is 0.253 e. The summed E-state index contributed by atoms with van der Waals surface area (Å²) in [5.41, 5.74) is 4.74. The zero-order valence-corrected chi connectivity index (χ0v) is 14.7. The molecule has 7 heteroatoms. The van der Waals surface area contributed by atoms with Gasteiger partial charge in [0.15, 0.2) is 11.5 Å². The van der Waals surface area contributed by atoms with Gasteiger partial charge in [-0.2, -0.15) is 0 Å². The molecule has 0 saturated carbocycles. The highest BCUT2D eigenvalue weighted by Crippen LogP contribution is 2.34. The third kappa shape index (κ3) is 4.01. The number of aryl methyl sites for hydroxylation is 1. The summed E-state index contributed by atoms with van der Waals surface area (Å²) < 4.78 is 35.5. The van der Waals surface area contributed by atoms with Gasteiger partial charge in [-0.05, 0) is 43.2 Å². The second kappa shape index (κ2) is 7.26. The van der Waals surface area contributed by atoms with E-state index in [2.05, 4.69) is 16.8 Å². The molecule has 2 aromatic rings. The molecule has 0 fully saturated rings. The van der Waals surface area contributed by atoms with E-state index in [0.717, 1.165) is 11.1 Å². The number of fused-ring (bicyclic) bond motifs is 1. The summed E-state index contributed by atoms with van der Waals surface area (Å²) in [6, 6.07) is 11.9. The Labute approximate surface area is 147 Å². The predicted molar refractivity (Wildman–Crippen MR) is 94.8 cm³/mol. The number of sulfonamides is 1. The highest BCUT2D eigenvalue weighted by atomic mass is 32.2. The van der Waals surface area contributed by atoms with Gasteiger partial charge in [0.2, 0.25) is 6.79 Å². The molecule has 132 valence electrons. The Hall–Kier alpha value is -2.35. The number of ether oxygens (including phenoxy) is 2. The van der Waals surface area contributed by atoms with Gasteiger partial charge in [-0.3, -0.25) is 0 Å². The molecule has 1 heterocycles. The van der Waals surface area contributed by atoms with Crippen molar-refractivity contribution in [1.29, 1.82) is 0 Å². The van der Waals surface area contributed by atoms with Gasteiger partial charge < -0.3 is 9.47 Å². The Balaban J connectivity index is 1.76. The van der Waals surface area contributed by atoms with Gasteiger partial charge in [0.1, 0.15) is 0 Å². The number of hydrogen-bond acceptors (Lipinski definition) is 5.